The Balaban J connectivity index is 1.52. The number of hydrogen-bond donors (Lipinski definition) is 0. The molecule has 0 bridgehead atoms. The minimum Gasteiger partial charge on any atom is -0.353 e. The van der Waals surface area contributed by atoms with Crippen molar-refractivity contribution in [3.63, 3.8) is 0 Å². The smallest absolute Gasteiger partial charge is 0.267 e. The van der Waals surface area contributed by atoms with E-state index in [1.165, 1.54) is 21.4 Å². The lowest BCUT2D eigenvalue weighted by Gasteiger charge is -2.35. The summed E-state index contributed by atoms with van der Waals surface area (Å²) in [7, 11) is 0. The second kappa shape index (κ2) is 9.88. The minimum absolute atomic E-state index is 0.229. The number of carbonyl (C=O) groups excluding carboxylic acids is 1. The van der Waals surface area contributed by atoms with Gasteiger partial charge >= 0.3 is 0 Å². The van der Waals surface area contributed by atoms with Crippen LogP contribution in [0.3, 0.4) is 0 Å². The SMILES string of the molecule is CCN1CCN(c2nc3ccccn3c(=O)c2/C=C2\SC(=S)N(Cc3ccc(F)cc3)C2=O)CC1. The molecule has 2 saturated heterocycles. The van der Waals surface area contributed by atoms with E-state index in [0.717, 1.165) is 50.0 Å². The van der Waals surface area contributed by atoms with E-state index in [-0.39, 0.29) is 23.8 Å². The number of thiocarbonyl (C=S) groups is 1. The minimum atomic E-state index is -0.337. The molecule has 5 rings (SSSR count). The van der Waals surface area contributed by atoms with Gasteiger partial charge in [0.05, 0.1) is 17.0 Å². The highest BCUT2D eigenvalue weighted by Gasteiger charge is 2.33. The van der Waals surface area contributed by atoms with Crippen LogP contribution in [-0.2, 0) is 11.3 Å². The first-order valence-corrected chi connectivity index (χ1v) is 12.7. The third-order valence-corrected chi connectivity index (χ3v) is 7.65. The molecular formula is C25H24FN5O2S2. The molecule has 0 unspecified atom stereocenters. The molecule has 10 heteroatoms. The molecular weight excluding hydrogens is 485 g/mol. The molecule has 0 N–H and O–H groups in total. The Morgan fingerprint density at radius 2 is 1.83 bits per heavy atom. The molecule has 0 atom stereocenters. The maximum Gasteiger partial charge on any atom is 0.267 e. The van der Waals surface area contributed by atoms with E-state index in [2.05, 4.69) is 16.7 Å². The van der Waals surface area contributed by atoms with Gasteiger partial charge in [0.1, 0.15) is 21.6 Å². The molecule has 3 aromatic rings. The number of nitrogens with zero attached hydrogens (tertiary/aromatic N) is 5. The molecule has 35 heavy (non-hydrogen) atoms. The van der Waals surface area contributed by atoms with E-state index in [1.807, 2.05) is 6.07 Å². The lowest BCUT2D eigenvalue weighted by Crippen LogP contribution is -2.47. The van der Waals surface area contributed by atoms with Gasteiger partial charge in [-0.3, -0.25) is 18.9 Å². The second-order valence-electron chi connectivity index (χ2n) is 8.40. The Labute approximate surface area is 211 Å². The van der Waals surface area contributed by atoms with E-state index in [4.69, 9.17) is 17.2 Å². The number of piperazine rings is 1. The first-order chi connectivity index (χ1) is 16.9. The van der Waals surface area contributed by atoms with Crippen molar-refractivity contribution in [1.29, 1.82) is 0 Å². The van der Waals surface area contributed by atoms with Gasteiger partial charge in [0.15, 0.2) is 0 Å². The second-order valence-corrected chi connectivity index (χ2v) is 10.1. The topological polar surface area (TPSA) is 61.2 Å². The predicted octanol–water partition coefficient (Wildman–Crippen LogP) is 3.38. The van der Waals surface area contributed by atoms with E-state index < -0.39 is 0 Å². The molecule has 7 nitrogen and oxygen atoms in total. The van der Waals surface area contributed by atoms with Gasteiger partial charge in [0.25, 0.3) is 11.5 Å². The molecule has 2 aliphatic heterocycles. The molecule has 0 radical (unpaired) electrons. The summed E-state index contributed by atoms with van der Waals surface area (Å²) >= 11 is 6.63. The molecule has 4 heterocycles. The fraction of sp³-hybridized carbons (Fsp3) is 0.280. The van der Waals surface area contributed by atoms with Gasteiger partial charge in [-0.1, -0.05) is 49.1 Å². The molecule has 0 saturated carbocycles. The highest BCUT2D eigenvalue weighted by molar-refractivity contribution is 8.26. The zero-order valence-electron chi connectivity index (χ0n) is 19.2. The summed E-state index contributed by atoms with van der Waals surface area (Å²) < 4.78 is 15.2. The van der Waals surface area contributed by atoms with Crippen LogP contribution in [0.1, 0.15) is 18.1 Å². The summed E-state index contributed by atoms with van der Waals surface area (Å²) in [5.41, 5.74) is 1.48. The molecule has 2 aromatic heterocycles. The summed E-state index contributed by atoms with van der Waals surface area (Å²) in [6.07, 6.45) is 3.31. The summed E-state index contributed by atoms with van der Waals surface area (Å²) in [6.45, 7) is 6.60. The van der Waals surface area contributed by atoms with E-state index in [0.29, 0.717) is 26.3 Å². The Morgan fingerprint density at radius 1 is 1.09 bits per heavy atom. The number of benzene rings is 1. The number of likely N-dealkylation sites (N-methyl/N-ethyl adjacent to an activating group) is 1. The van der Waals surface area contributed by atoms with Crippen LogP contribution in [-0.4, -0.2) is 62.1 Å². The molecule has 2 aliphatic rings. The van der Waals surface area contributed by atoms with Crippen molar-refractivity contribution in [2.45, 2.75) is 13.5 Å². The highest BCUT2D eigenvalue weighted by Crippen LogP contribution is 2.34. The van der Waals surface area contributed by atoms with Gasteiger partial charge < -0.3 is 9.80 Å². The zero-order chi connectivity index (χ0) is 24.5. The standard InChI is InChI=1S/C25H24FN5O2S2/c1-2-28-11-13-29(14-12-28)22-19(23(32)30-10-4-3-5-21(30)27-22)15-20-24(33)31(25(34)35-20)16-17-6-8-18(26)9-7-17/h3-10,15H,2,11-14,16H2,1H3/b20-15-. The number of halogens is 1. The summed E-state index contributed by atoms with van der Waals surface area (Å²) in [5, 5.41) is 0. The highest BCUT2D eigenvalue weighted by atomic mass is 32.2. The van der Waals surface area contributed by atoms with Gasteiger partial charge in [0.2, 0.25) is 0 Å². The first kappa shape index (κ1) is 23.7. The third-order valence-electron chi connectivity index (χ3n) is 6.27. The molecule has 180 valence electrons. The summed E-state index contributed by atoms with van der Waals surface area (Å²) in [5.74, 6) is -0.0278. The Kier molecular flexibility index (Phi) is 6.68. The monoisotopic (exact) mass is 509 g/mol. The fourth-order valence-electron chi connectivity index (χ4n) is 4.27. The van der Waals surface area contributed by atoms with Crippen molar-refractivity contribution in [2.75, 3.05) is 37.6 Å². The number of carbonyl (C=O) groups is 1. The molecule has 1 aromatic carbocycles. The Hall–Kier alpha value is -3.08. The lowest BCUT2D eigenvalue weighted by molar-refractivity contribution is -0.122. The fourth-order valence-corrected chi connectivity index (χ4v) is 5.51. The predicted molar refractivity (Wildman–Crippen MR) is 141 cm³/mol. The van der Waals surface area contributed by atoms with Crippen molar-refractivity contribution in [3.05, 3.63) is 80.9 Å². The maximum atomic E-state index is 13.5. The maximum absolute atomic E-state index is 13.5. The molecule has 2 fully saturated rings. The van der Waals surface area contributed by atoms with Crippen LogP contribution in [0.2, 0.25) is 0 Å². The number of anilines is 1. The van der Waals surface area contributed by atoms with Crippen molar-refractivity contribution in [1.82, 2.24) is 19.2 Å². The number of pyridine rings is 1. The van der Waals surface area contributed by atoms with E-state index in [1.54, 1.807) is 36.5 Å². The van der Waals surface area contributed by atoms with Crippen LogP contribution in [0, 0.1) is 5.82 Å². The number of thioether (sulfide) groups is 1. The number of hydrogen-bond acceptors (Lipinski definition) is 7. The van der Waals surface area contributed by atoms with Crippen molar-refractivity contribution >= 4 is 51.7 Å². The van der Waals surface area contributed by atoms with Gasteiger partial charge in [-0.25, -0.2) is 9.37 Å². The van der Waals surface area contributed by atoms with Crippen molar-refractivity contribution in [3.8, 4) is 0 Å². The van der Waals surface area contributed by atoms with Crippen LogP contribution >= 0.6 is 24.0 Å². The van der Waals surface area contributed by atoms with Crippen LogP contribution in [0.4, 0.5) is 10.2 Å². The number of amides is 1. The zero-order valence-corrected chi connectivity index (χ0v) is 20.8. The van der Waals surface area contributed by atoms with Crippen LogP contribution < -0.4 is 10.5 Å². The van der Waals surface area contributed by atoms with Gasteiger partial charge in [-0.2, -0.15) is 0 Å². The average molecular weight is 510 g/mol. The normalized spacial score (nSPS) is 18.3. The third kappa shape index (κ3) is 4.73. The molecule has 0 aliphatic carbocycles. The van der Waals surface area contributed by atoms with Crippen molar-refractivity contribution < 1.29 is 9.18 Å². The average Bonchev–Trinajstić information content (AvgIpc) is 3.14. The largest absolute Gasteiger partial charge is 0.353 e. The van der Waals surface area contributed by atoms with Crippen LogP contribution in [0.25, 0.3) is 11.7 Å². The van der Waals surface area contributed by atoms with Gasteiger partial charge in [0, 0.05) is 32.4 Å². The Morgan fingerprint density at radius 3 is 2.54 bits per heavy atom. The first-order valence-electron chi connectivity index (χ1n) is 11.4. The van der Waals surface area contributed by atoms with Gasteiger partial charge in [-0.05, 0) is 42.4 Å². The van der Waals surface area contributed by atoms with Gasteiger partial charge in [-0.15, -0.1) is 0 Å². The summed E-state index contributed by atoms with van der Waals surface area (Å²) in [4.78, 5) is 37.9. The van der Waals surface area contributed by atoms with Crippen LogP contribution in [0.15, 0.2) is 58.4 Å². The summed E-state index contributed by atoms with van der Waals surface area (Å²) in [6, 6.07) is 11.4. The molecule has 0 spiro atoms. The Bertz CT molecular complexity index is 1380. The number of rotatable bonds is 5. The molecule has 1 amide bonds. The van der Waals surface area contributed by atoms with Crippen LogP contribution in [0.5, 0.6) is 0 Å². The van der Waals surface area contributed by atoms with E-state index in [9.17, 15) is 14.0 Å². The number of fused-ring (bicyclic) bond motifs is 1. The quantitative estimate of drug-likeness (QED) is 0.386. The van der Waals surface area contributed by atoms with E-state index >= 15 is 0 Å². The number of aromatic nitrogens is 2. The van der Waals surface area contributed by atoms with Crippen molar-refractivity contribution in [2.24, 2.45) is 0 Å². The lowest BCUT2D eigenvalue weighted by atomic mass is 10.2.